The number of hydrogen-bond donors (Lipinski definition) is 1. The highest BCUT2D eigenvalue weighted by atomic mass is 15.4. The molecule has 2 aliphatic rings. The number of nitrogens with two attached hydrogens (primary N) is 1. The van der Waals surface area contributed by atoms with Gasteiger partial charge in [-0.1, -0.05) is 29.8 Å². The quantitative estimate of drug-likeness (QED) is 0.884. The topological polar surface area (TPSA) is 41.6 Å². The van der Waals surface area contributed by atoms with Gasteiger partial charge in [-0.05, 0) is 38.2 Å². The number of guanidine groups is 1. The molecule has 1 aliphatic heterocycles. The molecular formula is C15H21N3. The van der Waals surface area contributed by atoms with E-state index in [1.54, 1.807) is 0 Å². The lowest BCUT2D eigenvalue weighted by atomic mass is 9.90. The fourth-order valence-corrected chi connectivity index (χ4v) is 2.67. The lowest BCUT2D eigenvalue weighted by Gasteiger charge is -2.37. The largest absolute Gasteiger partial charge is 0.370 e. The van der Waals surface area contributed by atoms with Gasteiger partial charge < -0.3 is 10.6 Å². The van der Waals surface area contributed by atoms with Crippen LogP contribution in [0.1, 0.15) is 30.9 Å². The highest BCUT2D eigenvalue weighted by Gasteiger charge is 2.41. The molecule has 0 saturated heterocycles. The van der Waals surface area contributed by atoms with E-state index in [-0.39, 0.29) is 5.54 Å². The van der Waals surface area contributed by atoms with Crippen LogP contribution in [0.2, 0.25) is 0 Å². The molecule has 1 aliphatic carbocycles. The normalized spacial score (nSPS) is 27.4. The Morgan fingerprint density at radius 2 is 2.00 bits per heavy atom. The first kappa shape index (κ1) is 11.6. The van der Waals surface area contributed by atoms with Crippen molar-refractivity contribution in [2.75, 3.05) is 13.1 Å². The average Bonchev–Trinajstić information content (AvgIpc) is 3.12. The van der Waals surface area contributed by atoms with Gasteiger partial charge in [0.05, 0.1) is 12.1 Å². The Labute approximate surface area is 109 Å². The van der Waals surface area contributed by atoms with Crippen molar-refractivity contribution >= 4 is 5.96 Å². The first-order chi connectivity index (χ1) is 8.59. The molecule has 0 spiro atoms. The van der Waals surface area contributed by atoms with Crippen LogP contribution in [0.3, 0.4) is 0 Å². The predicted octanol–water partition coefficient (Wildman–Crippen LogP) is 2.25. The number of rotatable bonds is 3. The maximum Gasteiger partial charge on any atom is 0.192 e. The van der Waals surface area contributed by atoms with Gasteiger partial charge >= 0.3 is 0 Å². The Morgan fingerprint density at radius 3 is 2.61 bits per heavy atom. The fourth-order valence-electron chi connectivity index (χ4n) is 2.67. The van der Waals surface area contributed by atoms with E-state index in [9.17, 15) is 0 Å². The summed E-state index contributed by atoms with van der Waals surface area (Å²) in [5.41, 5.74) is 8.63. The second-order valence-electron chi connectivity index (χ2n) is 5.87. The molecule has 1 fully saturated rings. The molecule has 96 valence electrons. The molecule has 0 radical (unpaired) electrons. The summed E-state index contributed by atoms with van der Waals surface area (Å²) in [5.74, 6) is 1.53. The second kappa shape index (κ2) is 4.01. The van der Waals surface area contributed by atoms with Crippen molar-refractivity contribution in [3.8, 4) is 0 Å². The molecule has 0 bridgehead atoms. The zero-order chi connectivity index (χ0) is 12.8. The standard InChI is InChI=1S/C15H21N3/c1-11-3-7-13(8-4-11)15(2)10-17-14(16)18(15)9-12-5-6-12/h3-4,7-8,12H,5-6,9-10H2,1-2H3,(H2,16,17). The summed E-state index contributed by atoms with van der Waals surface area (Å²) >= 11 is 0. The molecule has 2 N–H and O–H groups in total. The lowest BCUT2D eigenvalue weighted by Crippen LogP contribution is -2.48. The van der Waals surface area contributed by atoms with Crippen LogP contribution in [0.5, 0.6) is 0 Å². The number of aliphatic imine (C=N–C) groups is 1. The third kappa shape index (κ3) is 1.88. The molecule has 0 amide bonds. The summed E-state index contributed by atoms with van der Waals surface area (Å²) in [6.07, 6.45) is 2.68. The number of benzene rings is 1. The van der Waals surface area contributed by atoms with Crippen molar-refractivity contribution in [2.24, 2.45) is 16.6 Å². The van der Waals surface area contributed by atoms with Crippen molar-refractivity contribution in [3.63, 3.8) is 0 Å². The van der Waals surface area contributed by atoms with Gasteiger partial charge in [0, 0.05) is 6.54 Å². The SMILES string of the molecule is Cc1ccc(C2(C)CN=C(N)N2CC2CC2)cc1. The second-order valence-corrected chi connectivity index (χ2v) is 5.87. The van der Waals surface area contributed by atoms with Crippen LogP contribution in [-0.4, -0.2) is 23.9 Å². The van der Waals surface area contributed by atoms with E-state index in [2.05, 4.69) is 48.0 Å². The first-order valence-corrected chi connectivity index (χ1v) is 6.74. The van der Waals surface area contributed by atoms with Crippen LogP contribution in [0, 0.1) is 12.8 Å². The molecule has 1 heterocycles. The van der Waals surface area contributed by atoms with E-state index < -0.39 is 0 Å². The maximum atomic E-state index is 6.07. The fraction of sp³-hybridized carbons (Fsp3) is 0.533. The van der Waals surface area contributed by atoms with Crippen molar-refractivity contribution in [3.05, 3.63) is 35.4 Å². The highest BCUT2D eigenvalue weighted by molar-refractivity contribution is 5.81. The van der Waals surface area contributed by atoms with E-state index in [4.69, 9.17) is 5.73 Å². The Kier molecular flexibility index (Phi) is 2.58. The van der Waals surface area contributed by atoms with Gasteiger partial charge in [-0.25, -0.2) is 0 Å². The zero-order valence-corrected chi connectivity index (χ0v) is 11.2. The van der Waals surface area contributed by atoms with E-state index >= 15 is 0 Å². The molecular weight excluding hydrogens is 222 g/mol. The summed E-state index contributed by atoms with van der Waals surface area (Å²) < 4.78 is 0. The van der Waals surface area contributed by atoms with Crippen LogP contribution in [0.25, 0.3) is 0 Å². The minimum atomic E-state index is -0.0552. The van der Waals surface area contributed by atoms with Gasteiger partial charge in [-0.3, -0.25) is 4.99 Å². The molecule has 1 aromatic carbocycles. The lowest BCUT2D eigenvalue weighted by molar-refractivity contribution is 0.217. The third-order valence-electron chi connectivity index (χ3n) is 4.23. The van der Waals surface area contributed by atoms with Crippen LogP contribution < -0.4 is 5.73 Å². The van der Waals surface area contributed by atoms with Crippen LogP contribution in [0.15, 0.2) is 29.3 Å². The third-order valence-corrected chi connectivity index (χ3v) is 4.23. The molecule has 1 saturated carbocycles. The van der Waals surface area contributed by atoms with E-state index in [0.29, 0.717) is 5.96 Å². The summed E-state index contributed by atoms with van der Waals surface area (Å²) in [5, 5.41) is 0. The van der Waals surface area contributed by atoms with E-state index in [1.165, 1.54) is 24.0 Å². The van der Waals surface area contributed by atoms with Gasteiger partial charge in [-0.2, -0.15) is 0 Å². The van der Waals surface area contributed by atoms with Crippen molar-refractivity contribution in [2.45, 2.75) is 32.2 Å². The van der Waals surface area contributed by atoms with Gasteiger partial charge in [0.25, 0.3) is 0 Å². The Morgan fingerprint density at radius 1 is 1.33 bits per heavy atom. The summed E-state index contributed by atoms with van der Waals surface area (Å²) in [6.45, 7) is 6.20. The smallest absolute Gasteiger partial charge is 0.192 e. The van der Waals surface area contributed by atoms with Crippen molar-refractivity contribution in [1.82, 2.24) is 4.90 Å². The van der Waals surface area contributed by atoms with Crippen molar-refractivity contribution in [1.29, 1.82) is 0 Å². The first-order valence-electron chi connectivity index (χ1n) is 6.74. The molecule has 3 heteroatoms. The predicted molar refractivity (Wildman–Crippen MR) is 74.5 cm³/mol. The summed E-state index contributed by atoms with van der Waals surface area (Å²) in [4.78, 5) is 6.77. The average molecular weight is 243 g/mol. The Hall–Kier alpha value is -1.51. The number of aryl methyl sites for hydroxylation is 1. The van der Waals surface area contributed by atoms with Gasteiger partial charge in [0.15, 0.2) is 5.96 Å². The number of nitrogens with zero attached hydrogens (tertiary/aromatic N) is 2. The van der Waals surface area contributed by atoms with Gasteiger partial charge in [0.2, 0.25) is 0 Å². The van der Waals surface area contributed by atoms with Gasteiger partial charge in [-0.15, -0.1) is 0 Å². The van der Waals surface area contributed by atoms with Crippen LogP contribution >= 0.6 is 0 Å². The summed E-state index contributed by atoms with van der Waals surface area (Å²) in [7, 11) is 0. The van der Waals surface area contributed by atoms with Crippen molar-refractivity contribution < 1.29 is 0 Å². The highest BCUT2D eigenvalue weighted by Crippen LogP contribution is 2.38. The molecule has 18 heavy (non-hydrogen) atoms. The van der Waals surface area contributed by atoms with E-state index in [0.717, 1.165) is 19.0 Å². The molecule has 1 atom stereocenters. The number of hydrogen-bond acceptors (Lipinski definition) is 3. The molecule has 0 aromatic heterocycles. The Balaban J connectivity index is 1.89. The minimum Gasteiger partial charge on any atom is -0.370 e. The maximum absolute atomic E-state index is 6.07. The molecule has 1 aromatic rings. The minimum absolute atomic E-state index is 0.0552. The van der Waals surface area contributed by atoms with Gasteiger partial charge in [0.1, 0.15) is 0 Å². The molecule has 3 nitrogen and oxygen atoms in total. The van der Waals surface area contributed by atoms with Crippen LogP contribution in [-0.2, 0) is 5.54 Å². The summed E-state index contributed by atoms with van der Waals surface area (Å²) in [6, 6.07) is 8.77. The zero-order valence-electron chi connectivity index (χ0n) is 11.2. The van der Waals surface area contributed by atoms with E-state index in [1.807, 2.05) is 0 Å². The monoisotopic (exact) mass is 243 g/mol. The van der Waals surface area contributed by atoms with Crippen LogP contribution in [0.4, 0.5) is 0 Å². The Bertz CT molecular complexity index is 473. The molecule has 3 rings (SSSR count). The molecule has 1 unspecified atom stereocenters.